The summed E-state index contributed by atoms with van der Waals surface area (Å²) in [6, 6.07) is 16.5. The molecule has 3 unspecified atom stereocenters. The zero-order valence-electron chi connectivity index (χ0n) is 18.0. The predicted octanol–water partition coefficient (Wildman–Crippen LogP) is 4.63. The van der Waals surface area contributed by atoms with Crippen molar-refractivity contribution in [2.24, 2.45) is 0 Å². The van der Waals surface area contributed by atoms with Crippen LogP contribution in [0.2, 0.25) is 0 Å². The lowest BCUT2D eigenvalue weighted by Crippen LogP contribution is -2.45. The van der Waals surface area contributed by atoms with E-state index in [0.29, 0.717) is 11.8 Å². The van der Waals surface area contributed by atoms with E-state index < -0.39 is 0 Å². The van der Waals surface area contributed by atoms with Crippen molar-refractivity contribution in [3.05, 3.63) is 48.5 Å². The molecule has 2 aromatic carbocycles. The average Bonchev–Trinajstić information content (AvgIpc) is 2.86. The van der Waals surface area contributed by atoms with E-state index in [-0.39, 0.29) is 18.1 Å². The van der Waals surface area contributed by atoms with Crippen LogP contribution in [0.15, 0.2) is 53.4 Å². The number of morpholine rings is 1. The number of carbonyl (C=O) groups is 1. The Morgan fingerprint density at radius 1 is 1.07 bits per heavy atom. The average molecular weight is 426 g/mol. The molecule has 1 N–H and O–H groups in total. The summed E-state index contributed by atoms with van der Waals surface area (Å²) in [5.41, 5.74) is 3.17. The van der Waals surface area contributed by atoms with E-state index in [1.54, 1.807) is 0 Å². The number of carbonyl (C=O) groups excluding carboxylic acids is 1. The Balaban J connectivity index is 1.39. The van der Waals surface area contributed by atoms with Gasteiger partial charge in [-0.2, -0.15) is 0 Å². The first-order chi connectivity index (χ1) is 14.5. The van der Waals surface area contributed by atoms with Gasteiger partial charge < -0.3 is 19.9 Å². The van der Waals surface area contributed by atoms with Gasteiger partial charge in [-0.05, 0) is 56.7 Å². The monoisotopic (exact) mass is 425 g/mol. The smallest absolute Gasteiger partial charge is 0.243 e. The Morgan fingerprint density at radius 3 is 2.50 bits per heavy atom. The van der Waals surface area contributed by atoms with Gasteiger partial charge in [0, 0.05) is 41.2 Å². The van der Waals surface area contributed by atoms with E-state index in [0.717, 1.165) is 37.4 Å². The quantitative estimate of drug-likeness (QED) is 0.774. The number of hydrogen-bond donors (Lipinski definition) is 1. The number of fused-ring (bicyclic) bond motifs is 1. The summed E-state index contributed by atoms with van der Waals surface area (Å²) in [6.45, 7) is 9.51. The molecule has 0 aliphatic carbocycles. The van der Waals surface area contributed by atoms with Gasteiger partial charge in [0.25, 0.3) is 0 Å². The minimum atomic E-state index is 0.0192. The maximum absolute atomic E-state index is 12.8. The van der Waals surface area contributed by atoms with Gasteiger partial charge in [-0.1, -0.05) is 19.1 Å². The summed E-state index contributed by atoms with van der Waals surface area (Å²) in [5.74, 6) is 0.0192. The van der Waals surface area contributed by atoms with Crippen molar-refractivity contribution in [2.45, 2.75) is 49.5 Å². The van der Waals surface area contributed by atoms with Crippen LogP contribution in [-0.4, -0.2) is 49.5 Å². The molecule has 0 bridgehead atoms. The summed E-state index contributed by atoms with van der Waals surface area (Å²) < 4.78 is 5.82. The van der Waals surface area contributed by atoms with Gasteiger partial charge in [0.15, 0.2) is 0 Å². The molecule has 3 atom stereocenters. The van der Waals surface area contributed by atoms with Crippen LogP contribution in [-0.2, 0) is 9.53 Å². The van der Waals surface area contributed by atoms with Crippen molar-refractivity contribution in [3.63, 3.8) is 0 Å². The first-order valence-corrected chi connectivity index (χ1v) is 11.7. The van der Waals surface area contributed by atoms with Gasteiger partial charge in [-0.3, -0.25) is 4.79 Å². The number of hydrogen-bond acceptors (Lipinski definition) is 5. The molecule has 0 saturated carbocycles. The predicted molar refractivity (Wildman–Crippen MR) is 126 cm³/mol. The molecule has 1 fully saturated rings. The van der Waals surface area contributed by atoms with Crippen LogP contribution < -0.4 is 15.1 Å². The number of anilines is 3. The van der Waals surface area contributed by atoms with Crippen LogP contribution in [0.1, 0.15) is 27.2 Å². The first kappa shape index (κ1) is 21.1. The fraction of sp³-hybridized carbons (Fsp3) is 0.458. The molecule has 1 amide bonds. The fourth-order valence-corrected chi connectivity index (χ4v) is 5.37. The Morgan fingerprint density at radius 2 is 1.77 bits per heavy atom. The van der Waals surface area contributed by atoms with Crippen LogP contribution in [0.5, 0.6) is 0 Å². The highest BCUT2D eigenvalue weighted by atomic mass is 32.2. The van der Waals surface area contributed by atoms with Crippen LogP contribution in [0.3, 0.4) is 0 Å². The maximum Gasteiger partial charge on any atom is 0.243 e. The standard InChI is InChI=1S/C24H31N3O2S/c1-17-14-27(15-18(2)29-17)21-10-8-20(9-11-21)25-24(28)16-26-13-12-19(3)30-23-7-5-4-6-22(23)26/h4-11,17-19H,12-16H2,1-3H3,(H,25,28). The molecule has 2 heterocycles. The molecular formula is C24H31N3O2S. The highest BCUT2D eigenvalue weighted by molar-refractivity contribution is 8.00. The Hall–Kier alpha value is -2.18. The van der Waals surface area contributed by atoms with Gasteiger partial charge >= 0.3 is 0 Å². The van der Waals surface area contributed by atoms with Gasteiger partial charge in [-0.25, -0.2) is 0 Å². The third-order valence-electron chi connectivity index (χ3n) is 5.61. The minimum absolute atomic E-state index is 0.0192. The highest BCUT2D eigenvalue weighted by Crippen LogP contribution is 2.37. The van der Waals surface area contributed by atoms with Crippen molar-refractivity contribution in [3.8, 4) is 0 Å². The van der Waals surface area contributed by atoms with E-state index in [9.17, 15) is 4.79 Å². The van der Waals surface area contributed by atoms with Crippen LogP contribution >= 0.6 is 11.8 Å². The molecule has 30 heavy (non-hydrogen) atoms. The summed E-state index contributed by atoms with van der Waals surface area (Å²) in [4.78, 5) is 18.6. The van der Waals surface area contributed by atoms with E-state index in [1.807, 2.05) is 30.0 Å². The van der Waals surface area contributed by atoms with Gasteiger partial charge in [0.1, 0.15) is 0 Å². The molecule has 6 heteroatoms. The Bertz CT molecular complexity index is 863. The van der Waals surface area contributed by atoms with Crippen molar-refractivity contribution in [2.75, 3.05) is 41.3 Å². The third kappa shape index (κ3) is 5.10. The van der Waals surface area contributed by atoms with Crippen LogP contribution in [0, 0.1) is 0 Å². The van der Waals surface area contributed by atoms with Crippen molar-refractivity contribution < 1.29 is 9.53 Å². The molecule has 2 aromatic rings. The van der Waals surface area contributed by atoms with E-state index in [1.165, 1.54) is 10.6 Å². The summed E-state index contributed by atoms with van der Waals surface area (Å²) in [6.07, 6.45) is 1.52. The highest BCUT2D eigenvalue weighted by Gasteiger charge is 2.23. The first-order valence-electron chi connectivity index (χ1n) is 10.8. The van der Waals surface area contributed by atoms with E-state index in [2.05, 4.69) is 66.2 Å². The lowest BCUT2D eigenvalue weighted by Gasteiger charge is -2.36. The summed E-state index contributed by atoms with van der Waals surface area (Å²) in [5, 5.41) is 3.62. The normalized spacial score (nSPS) is 24.2. The zero-order chi connectivity index (χ0) is 21.1. The number of rotatable bonds is 4. The molecule has 0 aromatic heterocycles. The number of nitrogens with one attached hydrogen (secondary N) is 1. The zero-order valence-corrected chi connectivity index (χ0v) is 18.8. The van der Waals surface area contributed by atoms with Crippen LogP contribution in [0.4, 0.5) is 17.1 Å². The molecule has 1 saturated heterocycles. The number of para-hydroxylation sites is 1. The SMILES string of the molecule is CC1CN(c2ccc(NC(=O)CN3CCC(C)Sc4ccccc43)cc2)CC(C)O1. The third-order valence-corrected chi connectivity index (χ3v) is 6.85. The number of benzene rings is 2. The lowest BCUT2D eigenvalue weighted by molar-refractivity contribution is -0.115. The lowest BCUT2D eigenvalue weighted by atomic mass is 10.2. The van der Waals surface area contributed by atoms with E-state index >= 15 is 0 Å². The van der Waals surface area contributed by atoms with Crippen molar-refractivity contribution in [1.29, 1.82) is 0 Å². The number of amides is 1. The molecule has 4 rings (SSSR count). The molecular weight excluding hydrogens is 394 g/mol. The number of nitrogens with zero attached hydrogens (tertiary/aromatic N) is 2. The van der Waals surface area contributed by atoms with Gasteiger partial charge in [-0.15, -0.1) is 11.8 Å². The second kappa shape index (κ2) is 9.31. The fourth-order valence-electron chi connectivity index (χ4n) is 4.23. The number of thioether (sulfide) groups is 1. The molecule has 0 radical (unpaired) electrons. The molecule has 5 nitrogen and oxygen atoms in total. The largest absolute Gasteiger partial charge is 0.372 e. The summed E-state index contributed by atoms with van der Waals surface area (Å²) in [7, 11) is 0. The van der Waals surface area contributed by atoms with Crippen molar-refractivity contribution in [1.82, 2.24) is 0 Å². The van der Waals surface area contributed by atoms with Gasteiger partial charge in [0.05, 0.1) is 24.4 Å². The Kier molecular flexibility index (Phi) is 6.54. The molecule has 2 aliphatic rings. The molecule has 160 valence electrons. The van der Waals surface area contributed by atoms with E-state index in [4.69, 9.17) is 4.74 Å². The van der Waals surface area contributed by atoms with Crippen LogP contribution in [0.25, 0.3) is 0 Å². The Labute approximate surface area is 183 Å². The molecule has 2 aliphatic heterocycles. The van der Waals surface area contributed by atoms with Crippen molar-refractivity contribution >= 4 is 34.7 Å². The second-order valence-corrected chi connectivity index (χ2v) is 9.84. The summed E-state index contributed by atoms with van der Waals surface area (Å²) >= 11 is 1.90. The molecule has 0 spiro atoms. The minimum Gasteiger partial charge on any atom is -0.372 e. The topological polar surface area (TPSA) is 44.8 Å². The second-order valence-electron chi connectivity index (χ2n) is 8.36. The number of ether oxygens (including phenoxy) is 1. The van der Waals surface area contributed by atoms with Gasteiger partial charge in [0.2, 0.25) is 5.91 Å². The maximum atomic E-state index is 12.8.